The number of amides is 1. The molecule has 23 heavy (non-hydrogen) atoms. The third-order valence-electron chi connectivity index (χ3n) is 4.62. The number of benzene rings is 1. The number of aryl methyl sites for hydroxylation is 2. The van der Waals surface area contributed by atoms with Gasteiger partial charge in [-0.05, 0) is 19.4 Å². The highest BCUT2D eigenvalue weighted by Gasteiger charge is 2.35. The van der Waals surface area contributed by atoms with Crippen molar-refractivity contribution in [1.82, 2.24) is 14.7 Å². The number of rotatable bonds is 2. The second-order valence-corrected chi connectivity index (χ2v) is 7.58. The summed E-state index contributed by atoms with van der Waals surface area (Å²) in [5.74, 6) is 1.09. The van der Waals surface area contributed by atoms with Gasteiger partial charge < -0.3 is 4.90 Å². The molecule has 1 fully saturated rings. The Morgan fingerprint density at radius 2 is 1.96 bits per heavy atom. The van der Waals surface area contributed by atoms with E-state index in [1.54, 1.807) is 4.68 Å². The smallest absolute Gasteiger partial charge is 0.258 e. The third kappa shape index (κ3) is 2.90. The molecule has 122 valence electrons. The van der Waals surface area contributed by atoms with E-state index in [0.29, 0.717) is 5.25 Å². The fraction of sp³-hybridized carbons (Fsp3) is 0.444. The summed E-state index contributed by atoms with van der Waals surface area (Å²) in [5, 5.41) is 4.79. The molecule has 4 nitrogen and oxygen atoms in total. The zero-order chi connectivity index (χ0) is 16.6. The van der Waals surface area contributed by atoms with Crippen molar-refractivity contribution in [3.63, 3.8) is 0 Å². The Kier molecular flexibility index (Phi) is 4.48. The summed E-state index contributed by atoms with van der Waals surface area (Å²) in [4.78, 5) is 15.3. The van der Waals surface area contributed by atoms with Crippen molar-refractivity contribution in [2.24, 2.45) is 7.05 Å². The lowest BCUT2D eigenvalue weighted by Gasteiger charge is -2.40. The predicted octanol–water partition coefficient (Wildman–Crippen LogP) is 3.36. The van der Waals surface area contributed by atoms with Gasteiger partial charge in [0, 0.05) is 30.3 Å². The standard InChI is InChI=1S/C18H23N3OS/c1-12-16(13(2)20(4)19-12)18(22)21-10-11-23-14(3)17(21)15-8-6-5-7-9-15/h5-9,14,17H,10-11H2,1-4H3. The lowest BCUT2D eigenvalue weighted by atomic mass is 10.0. The monoisotopic (exact) mass is 329 g/mol. The van der Waals surface area contributed by atoms with Crippen LogP contribution in [0, 0.1) is 13.8 Å². The van der Waals surface area contributed by atoms with Gasteiger partial charge in [-0.2, -0.15) is 16.9 Å². The van der Waals surface area contributed by atoms with Gasteiger partial charge in [-0.1, -0.05) is 37.3 Å². The van der Waals surface area contributed by atoms with Crippen LogP contribution in [-0.2, 0) is 7.05 Å². The number of carbonyl (C=O) groups excluding carboxylic acids is 1. The van der Waals surface area contributed by atoms with Gasteiger partial charge >= 0.3 is 0 Å². The topological polar surface area (TPSA) is 38.1 Å². The third-order valence-corrected chi connectivity index (χ3v) is 5.82. The van der Waals surface area contributed by atoms with Crippen LogP contribution in [-0.4, -0.2) is 38.1 Å². The molecule has 1 saturated heterocycles. The maximum absolute atomic E-state index is 13.2. The number of aromatic nitrogens is 2. The molecule has 2 aromatic rings. The highest BCUT2D eigenvalue weighted by atomic mass is 32.2. The average molecular weight is 329 g/mol. The van der Waals surface area contributed by atoms with E-state index in [2.05, 4.69) is 24.2 Å². The average Bonchev–Trinajstić information content (AvgIpc) is 2.80. The Morgan fingerprint density at radius 1 is 1.26 bits per heavy atom. The Hall–Kier alpha value is -1.75. The predicted molar refractivity (Wildman–Crippen MR) is 94.8 cm³/mol. The summed E-state index contributed by atoms with van der Waals surface area (Å²) >= 11 is 1.94. The summed E-state index contributed by atoms with van der Waals surface area (Å²) in [5.41, 5.74) is 3.71. The fourth-order valence-corrected chi connectivity index (χ4v) is 4.54. The quantitative estimate of drug-likeness (QED) is 0.848. The summed E-state index contributed by atoms with van der Waals surface area (Å²) in [6.07, 6.45) is 0. The van der Waals surface area contributed by atoms with Crippen LogP contribution < -0.4 is 0 Å². The number of carbonyl (C=O) groups is 1. The Balaban J connectivity index is 2.00. The van der Waals surface area contributed by atoms with Gasteiger partial charge in [0.1, 0.15) is 0 Å². The van der Waals surface area contributed by atoms with Crippen LogP contribution in [0.15, 0.2) is 30.3 Å². The van der Waals surface area contributed by atoms with Crippen molar-refractivity contribution in [2.75, 3.05) is 12.3 Å². The van der Waals surface area contributed by atoms with E-state index in [-0.39, 0.29) is 11.9 Å². The van der Waals surface area contributed by atoms with Crippen molar-refractivity contribution < 1.29 is 4.79 Å². The minimum atomic E-state index is 0.106. The van der Waals surface area contributed by atoms with Crippen LogP contribution in [0.25, 0.3) is 0 Å². The first-order chi connectivity index (χ1) is 11.0. The number of nitrogens with zero attached hydrogens (tertiary/aromatic N) is 3. The van der Waals surface area contributed by atoms with Gasteiger partial charge in [-0.15, -0.1) is 0 Å². The number of thioether (sulfide) groups is 1. The number of hydrogen-bond acceptors (Lipinski definition) is 3. The van der Waals surface area contributed by atoms with E-state index >= 15 is 0 Å². The van der Waals surface area contributed by atoms with Gasteiger partial charge in [-0.25, -0.2) is 0 Å². The SMILES string of the molecule is Cc1nn(C)c(C)c1C(=O)N1CCSC(C)C1c1ccccc1. The first-order valence-electron chi connectivity index (χ1n) is 7.98. The molecule has 0 saturated carbocycles. The maximum Gasteiger partial charge on any atom is 0.258 e. The van der Waals surface area contributed by atoms with Crippen LogP contribution >= 0.6 is 11.8 Å². The van der Waals surface area contributed by atoms with E-state index in [1.165, 1.54) is 5.56 Å². The molecular formula is C18H23N3OS. The maximum atomic E-state index is 13.2. The van der Waals surface area contributed by atoms with Crippen LogP contribution in [0.5, 0.6) is 0 Å². The van der Waals surface area contributed by atoms with E-state index in [0.717, 1.165) is 29.2 Å². The zero-order valence-electron chi connectivity index (χ0n) is 14.1. The summed E-state index contributed by atoms with van der Waals surface area (Å²) in [6.45, 7) is 6.87. The lowest BCUT2D eigenvalue weighted by Crippen LogP contribution is -2.44. The summed E-state index contributed by atoms with van der Waals surface area (Å²) in [7, 11) is 1.89. The molecule has 1 aromatic carbocycles. The summed E-state index contributed by atoms with van der Waals surface area (Å²) in [6, 6.07) is 10.5. The van der Waals surface area contributed by atoms with Crippen molar-refractivity contribution in [2.45, 2.75) is 32.1 Å². The van der Waals surface area contributed by atoms with Gasteiger partial charge in [-0.3, -0.25) is 9.48 Å². The van der Waals surface area contributed by atoms with Crippen molar-refractivity contribution in [3.8, 4) is 0 Å². The first kappa shape index (κ1) is 16.1. The van der Waals surface area contributed by atoms with E-state index in [9.17, 15) is 4.79 Å². The highest BCUT2D eigenvalue weighted by molar-refractivity contribution is 8.00. The molecule has 0 bridgehead atoms. The zero-order valence-corrected chi connectivity index (χ0v) is 14.9. The molecule has 2 heterocycles. The van der Waals surface area contributed by atoms with Crippen LogP contribution in [0.2, 0.25) is 0 Å². The van der Waals surface area contributed by atoms with Crippen molar-refractivity contribution in [3.05, 3.63) is 52.8 Å². The van der Waals surface area contributed by atoms with Crippen LogP contribution in [0.4, 0.5) is 0 Å². The van der Waals surface area contributed by atoms with Crippen molar-refractivity contribution in [1.29, 1.82) is 0 Å². The Labute approximate surface area is 141 Å². The minimum absolute atomic E-state index is 0.106. The molecule has 0 N–H and O–H groups in total. The summed E-state index contributed by atoms with van der Waals surface area (Å²) < 4.78 is 1.79. The van der Waals surface area contributed by atoms with Gasteiger partial charge in [0.25, 0.3) is 5.91 Å². The molecule has 2 unspecified atom stereocenters. The van der Waals surface area contributed by atoms with Crippen molar-refractivity contribution >= 4 is 17.7 Å². The van der Waals surface area contributed by atoms with Crippen LogP contribution in [0.3, 0.4) is 0 Å². The molecule has 0 spiro atoms. The minimum Gasteiger partial charge on any atom is -0.330 e. The molecule has 2 atom stereocenters. The molecule has 5 heteroatoms. The van der Waals surface area contributed by atoms with E-state index in [4.69, 9.17) is 0 Å². The molecular weight excluding hydrogens is 306 g/mol. The van der Waals surface area contributed by atoms with Crippen LogP contribution in [0.1, 0.15) is 40.3 Å². The van der Waals surface area contributed by atoms with Gasteiger partial charge in [0.05, 0.1) is 17.3 Å². The largest absolute Gasteiger partial charge is 0.330 e. The van der Waals surface area contributed by atoms with E-state index < -0.39 is 0 Å². The van der Waals surface area contributed by atoms with E-state index in [1.807, 2.05) is 55.8 Å². The molecule has 1 aliphatic heterocycles. The number of hydrogen-bond donors (Lipinski definition) is 0. The molecule has 1 aromatic heterocycles. The molecule has 0 radical (unpaired) electrons. The van der Waals surface area contributed by atoms with Gasteiger partial charge in [0.15, 0.2) is 0 Å². The highest BCUT2D eigenvalue weighted by Crippen LogP contribution is 2.37. The van der Waals surface area contributed by atoms with Gasteiger partial charge in [0.2, 0.25) is 0 Å². The second-order valence-electron chi connectivity index (χ2n) is 6.10. The Morgan fingerprint density at radius 3 is 2.57 bits per heavy atom. The lowest BCUT2D eigenvalue weighted by molar-refractivity contribution is 0.0679. The molecule has 3 rings (SSSR count). The molecule has 1 aliphatic rings. The first-order valence-corrected chi connectivity index (χ1v) is 9.03. The fourth-order valence-electron chi connectivity index (χ4n) is 3.38. The normalized spacial score (nSPS) is 21.5. The molecule has 1 amide bonds. The second kappa shape index (κ2) is 6.40. The Bertz CT molecular complexity index is 711. The molecule has 0 aliphatic carbocycles.